The summed E-state index contributed by atoms with van der Waals surface area (Å²) >= 11 is 6.05. The van der Waals surface area contributed by atoms with E-state index in [2.05, 4.69) is 4.99 Å². The van der Waals surface area contributed by atoms with Crippen molar-refractivity contribution in [1.82, 2.24) is 4.90 Å². The molecule has 1 aliphatic rings. The standard InChI is InChI=1S/C20H21ClN2O2/c1-15-6-2-3-9-18(15)25-13-5-10-19(24)23-12-11-22-20(23)16-7-4-8-17(21)14-16/h2-4,6-9,14H,5,10-13H2,1H3. The molecule has 0 radical (unpaired) electrons. The van der Waals surface area contributed by atoms with Gasteiger partial charge >= 0.3 is 0 Å². The van der Waals surface area contributed by atoms with Crippen LogP contribution < -0.4 is 4.74 Å². The molecule has 0 unspecified atom stereocenters. The molecule has 25 heavy (non-hydrogen) atoms. The van der Waals surface area contributed by atoms with Gasteiger partial charge in [0.05, 0.1) is 13.2 Å². The van der Waals surface area contributed by atoms with Crippen LogP contribution in [0, 0.1) is 6.92 Å². The van der Waals surface area contributed by atoms with Crippen LogP contribution in [0.4, 0.5) is 0 Å². The first-order valence-corrected chi connectivity index (χ1v) is 8.82. The molecular weight excluding hydrogens is 336 g/mol. The Morgan fingerprint density at radius 3 is 2.88 bits per heavy atom. The normalized spacial score (nSPS) is 13.7. The smallest absolute Gasteiger partial charge is 0.228 e. The molecular formula is C20H21ClN2O2. The van der Waals surface area contributed by atoms with Gasteiger partial charge in [0.15, 0.2) is 0 Å². The molecule has 5 heteroatoms. The molecule has 0 bridgehead atoms. The van der Waals surface area contributed by atoms with Gasteiger partial charge in [0.1, 0.15) is 11.6 Å². The van der Waals surface area contributed by atoms with E-state index >= 15 is 0 Å². The van der Waals surface area contributed by atoms with Crippen LogP contribution in [0.15, 0.2) is 53.5 Å². The summed E-state index contributed by atoms with van der Waals surface area (Å²) in [6.07, 6.45) is 1.11. The molecule has 0 N–H and O–H groups in total. The number of nitrogens with zero attached hydrogens (tertiary/aromatic N) is 2. The molecule has 1 aliphatic heterocycles. The van der Waals surface area contributed by atoms with Crippen LogP contribution in [-0.4, -0.2) is 36.3 Å². The van der Waals surface area contributed by atoms with Gasteiger partial charge in [-0.1, -0.05) is 41.9 Å². The quantitative estimate of drug-likeness (QED) is 0.731. The van der Waals surface area contributed by atoms with Crippen LogP contribution in [0.25, 0.3) is 0 Å². The number of para-hydroxylation sites is 1. The number of ether oxygens (including phenoxy) is 1. The van der Waals surface area contributed by atoms with Gasteiger partial charge < -0.3 is 4.74 Å². The highest BCUT2D eigenvalue weighted by atomic mass is 35.5. The van der Waals surface area contributed by atoms with Crippen molar-refractivity contribution in [2.75, 3.05) is 19.7 Å². The zero-order valence-corrected chi connectivity index (χ0v) is 15.0. The van der Waals surface area contributed by atoms with Gasteiger partial charge in [-0.2, -0.15) is 0 Å². The lowest BCUT2D eigenvalue weighted by Gasteiger charge is -2.19. The Balaban J connectivity index is 1.53. The summed E-state index contributed by atoms with van der Waals surface area (Å²) in [5.74, 6) is 1.66. The molecule has 1 amide bonds. The second kappa shape index (κ2) is 8.17. The average molecular weight is 357 g/mol. The summed E-state index contributed by atoms with van der Waals surface area (Å²) < 4.78 is 5.76. The van der Waals surface area contributed by atoms with E-state index in [9.17, 15) is 4.79 Å². The van der Waals surface area contributed by atoms with E-state index < -0.39 is 0 Å². The molecule has 0 saturated carbocycles. The fourth-order valence-corrected chi connectivity index (χ4v) is 3.01. The van der Waals surface area contributed by atoms with Crippen LogP contribution in [0.2, 0.25) is 5.02 Å². The third kappa shape index (κ3) is 4.40. The maximum absolute atomic E-state index is 12.5. The maximum atomic E-state index is 12.5. The van der Waals surface area contributed by atoms with E-state index in [4.69, 9.17) is 16.3 Å². The molecule has 3 rings (SSSR count). The SMILES string of the molecule is Cc1ccccc1OCCCC(=O)N1CCN=C1c1cccc(Cl)c1. The number of hydrogen-bond donors (Lipinski definition) is 0. The molecule has 0 fully saturated rings. The summed E-state index contributed by atoms with van der Waals surface area (Å²) in [4.78, 5) is 18.8. The minimum Gasteiger partial charge on any atom is -0.493 e. The van der Waals surface area contributed by atoms with Crippen LogP contribution in [0.5, 0.6) is 5.75 Å². The van der Waals surface area contributed by atoms with E-state index in [1.165, 1.54) is 0 Å². The van der Waals surface area contributed by atoms with E-state index in [1.54, 1.807) is 4.90 Å². The molecule has 2 aromatic carbocycles. The Bertz CT molecular complexity index is 789. The number of aryl methyl sites for hydroxylation is 1. The van der Waals surface area contributed by atoms with Crippen molar-refractivity contribution in [3.8, 4) is 5.75 Å². The highest BCUT2D eigenvalue weighted by Crippen LogP contribution is 2.18. The first-order valence-electron chi connectivity index (χ1n) is 8.44. The third-order valence-electron chi connectivity index (χ3n) is 4.11. The minimum atomic E-state index is 0.0737. The van der Waals surface area contributed by atoms with Crippen molar-refractivity contribution in [1.29, 1.82) is 0 Å². The predicted octanol–water partition coefficient (Wildman–Crippen LogP) is 4.10. The van der Waals surface area contributed by atoms with Crippen molar-refractivity contribution >= 4 is 23.3 Å². The number of aliphatic imine (C=N–C) groups is 1. The lowest BCUT2D eigenvalue weighted by molar-refractivity contribution is -0.127. The lowest BCUT2D eigenvalue weighted by atomic mass is 10.2. The number of hydrogen-bond acceptors (Lipinski definition) is 3. The Morgan fingerprint density at radius 2 is 2.08 bits per heavy atom. The molecule has 0 spiro atoms. The number of benzene rings is 2. The molecule has 4 nitrogen and oxygen atoms in total. The van der Waals surface area contributed by atoms with Crippen LogP contribution in [0.1, 0.15) is 24.0 Å². The molecule has 130 valence electrons. The Hall–Kier alpha value is -2.33. The molecule has 0 aliphatic carbocycles. The topological polar surface area (TPSA) is 41.9 Å². The first-order chi connectivity index (χ1) is 12.1. The molecule has 1 heterocycles. The summed E-state index contributed by atoms with van der Waals surface area (Å²) in [5, 5.41) is 0.645. The van der Waals surface area contributed by atoms with Crippen molar-refractivity contribution in [3.63, 3.8) is 0 Å². The van der Waals surface area contributed by atoms with Crippen LogP contribution in [-0.2, 0) is 4.79 Å². The third-order valence-corrected chi connectivity index (χ3v) is 4.35. The number of carbonyl (C=O) groups is 1. The minimum absolute atomic E-state index is 0.0737. The summed E-state index contributed by atoms with van der Waals surface area (Å²) in [6, 6.07) is 15.3. The fourth-order valence-electron chi connectivity index (χ4n) is 2.82. The number of rotatable bonds is 6. The number of amides is 1. The number of halogens is 1. The Labute approximate surface area is 153 Å². The van der Waals surface area contributed by atoms with Crippen molar-refractivity contribution in [2.45, 2.75) is 19.8 Å². The average Bonchev–Trinajstić information content (AvgIpc) is 3.10. The maximum Gasteiger partial charge on any atom is 0.228 e. The Kier molecular flexibility index (Phi) is 5.71. The van der Waals surface area contributed by atoms with Crippen molar-refractivity contribution in [3.05, 3.63) is 64.7 Å². The van der Waals surface area contributed by atoms with Crippen molar-refractivity contribution < 1.29 is 9.53 Å². The number of amidine groups is 1. The van der Waals surface area contributed by atoms with Gasteiger partial charge in [-0.25, -0.2) is 0 Å². The van der Waals surface area contributed by atoms with E-state index in [0.717, 1.165) is 16.9 Å². The second-order valence-electron chi connectivity index (χ2n) is 5.98. The van der Waals surface area contributed by atoms with E-state index in [0.29, 0.717) is 43.4 Å². The van der Waals surface area contributed by atoms with Crippen LogP contribution >= 0.6 is 11.6 Å². The monoisotopic (exact) mass is 356 g/mol. The van der Waals surface area contributed by atoms with Gasteiger partial charge in [0.25, 0.3) is 0 Å². The van der Waals surface area contributed by atoms with Gasteiger partial charge in [-0.15, -0.1) is 0 Å². The fraction of sp³-hybridized carbons (Fsp3) is 0.300. The highest BCUT2D eigenvalue weighted by molar-refractivity contribution is 6.31. The van der Waals surface area contributed by atoms with E-state index in [1.807, 2.05) is 55.5 Å². The van der Waals surface area contributed by atoms with Gasteiger partial charge in [-0.05, 0) is 37.1 Å². The Morgan fingerprint density at radius 1 is 1.24 bits per heavy atom. The van der Waals surface area contributed by atoms with Crippen LogP contribution in [0.3, 0.4) is 0 Å². The molecule has 0 saturated heterocycles. The lowest BCUT2D eigenvalue weighted by Crippen LogP contribution is -2.34. The zero-order chi connectivity index (χ0) is 17.6. The molecule has 0 aromatic heterocycles. The van der Waals surface area contributed by atoms with Gasteiger partial charge in [0, 0.05) is 23.6 Å². The largest absolute Gasteiger partial charge is 0.493 e. The highest BCUT2D eigenvalue weighted by Gasteiger charge is 2.24. The number of carbonyl (C=O) groups excluding carboxylic acids is 1. The predicted molar refractivity (Wildman–Crippen MR) is 100 cm³/mol. The summed E-state index contributed by atoms with van der Waals surface area (Å²) in [6.45, 7) is 3.79. The van der Waals surface area contributed by atoms with Gasteiger partial charge in [-0.3, -0.25) is 14.7 Å². The van der Waals surface area contributed by atoms with Gasteiger partial charge in [0.2, 0.25) is 5.91 Å². The molecule has 0 atom stereocenters. The van der Waals surface area contributed by atoms with E-state index in [-0.39, 0.29) is 5.91 Å². The molecule has 2 aromatic rings. The van der Waals surface area contributed by atoms with Crippen molar-refractivity contribution in [2.24, 2.45) is 4.99 Å². The zero-order valence-electron chi connectivity index (χ0n) is 14.2. The summed E-state index contributed by atoms with van der Waals surface area (Å²) in [5.41, 5.74) is 1.98. The summed E-state index contributed by atoms with van der Waals surface area (Å²) in [7, 11) is 0. The second-order valence-corrected chi connectivity index (χ2v) is 6.41. The first kappa shape index (κ1) is 17.5.